The number of ether oxygens (including phenoxy) is 1. The molecule has 142 valence electrons. The van der Waals surface area contributed by atoms with Crippen molar-refractivity contribution in [3.63, 3.8) is 0 Å². The summed E-state index contributed by atoms with van der Waals surface area (Å²) in [5.41, 5.74) is 0.646. The summed E-state index contributed by atoms with van der Waals surface area (Å²) in [6, 6.07) is 10.2. The van der Waals surface area contributed by atoms with E-state index in [9.17, 15) is 0 Å². The lowest BCUT2D eigenvalue weighted by atomic mass is 9.91. The van der Waals surface area contributed by atoms with Crippen LogP contribution in [0.25, 0.3) is 0 Å². The molecule has 27 heavy (non-hydrogen) atoms. The first-order valence-electron chi connectivity index (χ1n) is 9.16. The van der Waals surface area contributed by atoms with E-state index in [0.29, 0.717) is 18.1 Å². The third kappa shape index (κ3) is 3.77. The van der Waals surface area contributed by atoms with Gasteiger partial charge >= 0.3 is 0 Å². The molecule has 3 heterocycles. The minimum absolute atomic E-state index is 0.516. The number of likely N-dealkylation sites (tertiary alicyclic amines) is 1. The Labute approximate surface area is 158 Å². The molecule has 0 aliphatic carbocycles. The number of aromatic nitrogens is 5. The lowest BCUT2D eigenvalue weighted by molar-refractivity contribution is -0.0842. The maximum atomic E-state index is 5.88. The summed E-state index contributed by atoms with van der Waals surface area (Å²) in [7, 11) is 3.64. The number of methoxy groups -OCH3 is 1. The highest BCUT2D eigenvalue weighted by Crippen LogP contribution is 2.35. The van der Waals surface area contributed by atoms with E-state index in [1.54, 1.807) is 13.4 Å². The van der Waals surface area contributed by atoms with Gasteiger partial charge in [0.15, 0.2) is 5.82 Å². The van der Waals surface area contributed by atoms with Crippen LogP contribution in [0.5, 0.6) is 0 Å². The number of piperidine rings is 1. The Kier molecular flexibility index (Phi) is 5.00. The zero-order chi connectivity index (χ0) is 18.7. The molecule has 0 saturated carbocycles. The maximum absolute atomic E-state index is 5.88. The average molecular weight is 368 g/mol. The Morgan fingerprint density at radius 3 is 2.63 bits per heavy atom. The standard InChI is InChI=1S/C19H24N6O2/c1-24-17(20-14-21-24)13-25-10-8-19(26-2,9-11-25)18-22-16(23-27-18)12-15-6-4-3-5-7-15/h3-7,14H,8-13H2,1-2H3. The van der Waals surface area contributed by atoms with Crippen molar-refractivity contribution in [3.8, 4) is 0 Å². The van der Waals surface area contributed by atoms with Crippen LogP contribution in [0.15, 0.2) is 41.2 Å². The van der Waals surface area contributed by atoms with Crippen LogP contribution in [-0.2, 0) is 30.4 Å². The van der Waals surface area contributed by atoms with Gasteiger partial charge in [0.25, 0.3) is 5.89 Å². The van der Waals surface area contributed by atoms with E-state index in [-0.39, 0.29) is 0 Å². The molecular weight excluding hydrogens is 344 g/mol. The van der Waals surface area contributed by atoms with Gasteiger partial charge in [-0.1, -0.05) is 35.5 Å². The summed E-state index contributed by atoms with van der Waals surface area (Å²) < 4.78 is 13.3. The van der Waals surface area contributed by atoms with Gasteiger partial charge in [0, 0.05) is 33.7 Å². The third-order valence-corrected chi connectivity index (χ3v) is 5.29. The first-order chi connectivity index (χ1) is 13.2. The molecular formula is C19H24N6O2. The Bertz CT molecular complexity index is 867. The van der Waals surface area contributed by atoms with Crippen molar-refractivity contribution in [2.24, 2.45) is 7.05 Å². The van der Waals surface area contributed by atoms with E-state index in [1.165, 1.54) is 0 Å². The minimum atomic E-state index is -0.516. The highest BCUT2D eigenvalue weighted by atomic mass is 16.5. The van der Waals surface area contributed by atoms with Crippen molar-refractivity contribution < 1.29 is 9.26 Å². The van der Waals surface area contributed by atoms with Gasteiger partial charge in [-0.3, -0.25) is 9.58 Å². The molecule has 2 aromatic heterocycles. The van der Waals surface area contributed by atoms with Gasteiger partial charge in [-0.25, -0.2) is 4.98 Å². The summed E-state index contributed by atoms with van der Waals surface area (Å²) in [4.78, 5) is 11.3. The Morgan fingerprint density at radius 2 is 1.96 bits per heavy atom. The minimum Gasteiger partial charge on any atom is -0.368 e. The third-order valence-electron chi connectivity index (χ3n) is 5.29. The number of benzene rings is 1. The van der Waals surface area contributed by atoms with E-state index in [4.69, 9.17) is 9.26 Å². The lowest BCUT2D eigenvalue weighted by Crippen LogP contribution is -2.44. The van der Waals surface area contributed by atoms with Crippen molar-refractivity contribution in [1.82, 2.24) is 29.8 Å². The number of hydrogen-bond donors (Lipinski definition) is 0. The van der Waals surface area contributed by atoms with E-state index in [2.05, 4.69) is 37.3 Å². The van der Waals surface area contributed by atoms with Gasteiger partial charge in [-0.05, 0) is 18.4 Å². The molecule has 1 saturated heterocycles. The SMILES string of the molecule is COC1(c2nc(Cc3ccccc3)no2)CCN(Cc2ncnn2C)CC1. The van der Waals surface area contributed by atoms with Gasteiger partial charge in [0.1, 0.15) is 17.8 Å². The first kappa shape index (κ1) is 17.8. The summed E-state index contributed by atoms with van der Waals surface area (Å²) >= 11 is 0. The molecule has 8 nitrogen and oxygen atoms in total. The summed E-state index contributed by atoms with van der Waals surface area (Å²) in [5.74, 6) is 2.23. The van der Waals surface area contributed by atoms with Gasteiger partial charge < -0.3 is 9.26 Å². The Balaban J connectivity index is 1.42. The number of rotatable bonds is 6. The molecule has 1 aromatic carbocycles. The van der Waals surface area contributed by atoms with E-state index in [0.717, 1.165) is 43.9 Å². The molecule has 0 bridgehead atoms. The molecule has 8 heteroatoms. The van der Waals surface area contributed by atoms with Gasteiger partial charge in [0.05, 0.1) is 6.54 Å². The summed E-state index contributed by atoms with van der Waals surface area (Å²) in [6.07, 6.45) is 3.84. The number of aryl methyl sites for hydroxylation is 1. The van der Waals surface area contributed by atoms with Gasteiger partial charge in [-0.15, -0.1) is 0 Å². The monoisotopic (exact) mass is 368 g/mol. The van der Waals surface area contributed by atoms with Crippen molar-refractivity contribution in [3.05, 3.63) is 59.8 Å². The van der Waals surface area contributed by atoms with Crippen LogP contribution in [0.1, 0.15) is 35.9 Å². The molecule has 0 unspecified atom stereocenters. The Hall–Kier alpha value is -2.58. The number of nitrogens with zero attached hydrogens (tertiary/aromatic N) is 6. The first-order valence-corrected chi connectivity index (χ1v) is 9.16. The van der Waals surface area contributed by atoms with Crippen LogP contribution in [0.2, 0.25) is 0 Å². The second-order valence-electron chi connectivity index (χ2n) is 6.95. The molecule has 0 N–H and O–H groups in total. The normalized spacial score (nSPS) is 17.3. The molecule has 0 spiro atoms. The van der Waals surface area contributed by atoms with Crippen molar-refractivity contribution in [2.45, 2.75) is 31.4 Å². The highest BCUT2D eigenvalue weighted by Gasteiger charge is 2.41. The highest BCUT2D eigenvalue weighted by molar-refractivity contribution is 5.18. The van der Waals surface area contributed by atoms with Crippen LogP contribution in [-0.4, -0.2) is 50.0 Å². The number of hydrogen-bond acceptors (Lipinski definition) is 7. The molecule has 1 aliphatic heterocycles. The predicted molar refractivity (Wildman–Crippen MR) is 97.7 cm³/mol. The van der Waals surface area contributed by atoms with Crippen molar-refractivity contribution >= 4 is 0 Å². The predicted octanol–water partition coefficient (Wildman–Crippen LogP) is 1.93. The van der Waals surface area contributed by atoms with Crippen LogP contribution >= 0.6 is 0 Å². The average Bonchev–Trinajstić information content (AvgIpc) is 3.33. The quantitative estimate of drug-likeness (QED) is 0.657. The van der Waals surface area contributed by atoms with Gasteiger partial charge in [0.2, 0.25) is 0 Å². The zero-order valence-electron chi connectivity index (χ0n) is 15.7. The van der Waals surface area contributed by atoms with E-state index < -0.39 is 5.60 Å². The van der Waals surface area contributed by atoms with Crippen LogP contribution in [0, 0.1) is 0 Å². The van der Waals surface area contributed by atoms with Crippen LogP contribution in [0.4, 0.5) is 0 Å². The van der Waals surface area contributed by atoms with Gasteiger partial charge in [-0.2, -0.15) is 10.1 Å². The molecule has 1 fully saturated rings. The molecule has 1 aliphatic rings. The zero-order valence-corrected chi connectivity index (χ0v) is 15.7. The fourth-order valence-corrected chi connectivity index (χ4v) is 3.53. The fourth-order valence-electron chi connectivity index (χ4n) is 3.53. The van der Waals surface area contributed by atoms with Crippen molar-refractivity contribution in [2.75, 3.05) is 20.2 Å². The molecule has 3 aromatic rings. The second kappa shape index (κ2) is 7.58. The second-order valence-corrected chi connectivity index (χ2v) is 6.95. The summed E-state index contributed by atoms with van der Waals surface area (Å²) in [6.45, 7) is 2.52. The Morgan fingerprint density at radius 1 is 1.19 bits per heavy atom. The largest absolute Gasteiger partial charge is 0.368 e. The molecule has 0 atom stereocenters. The topological polar surface area (TPSA) is 82.1 Å². The van der Waals surface area contributed by atoms with E-state index in [1.807, 2.05) is 29.9 Å². The van der Waals surface area contributed by atoms with Crippen LogP contribution in [0.3, 0.4) is 0 Å². The van der Waals surface area contributed by atoms with Crippen LogP contribution < -0.4 is 0 Å². The summed E-state index contributed by atoms with van der Waals surface area (Å²) in [5, 5.41) is 8.30. The van der Waals surface area contributed by atoms with E-state index >= 15 is 0 Å². The maximum Gasteiger partial charge on any atom is 0.258 e. The van der Waals surface area contributed by atoms with Crippen molar-refractivity contribution in [1.29, 1.82) is 0 Å². The molecule has 4 rings (SSSR count). The lowest BCUT2D eigenvalue weighted by Gasteiger charge is -2.38. The smallest absolute Gasteiger partial charge is 0.258 e. The molecule has 0 radical (unpaired) electrons. The fraction of sp³-hybridized carbons (Fsp3) is 0.474. The molecule has 0 amide bonds.